The van der Waals surface area contributed by atoms with Crippen LogP contribution in [0.3, 0.4) is 0 Å². The molecular weight excluding hydrogens is 370 g/mol. The molecule has 2 rings (SSSR count). The molecule has 28 heavy (non-hydrogen) atoms. The van der Waals surface area contributed by atoms with E-state index >= 15 is 0 Å². The van der Waals surface area contributed by atoms with Crippen molar-refractivity contribution in [1.29, 1.82) is 0 Å². The number of carboxylic acid groups (broad SMARTS) is 1. The van der Waals surface area contributed by atoms with E-state index in [-0.39, 0.29) is 34.9 Å². The van der Waals surface area contributed by atoms with Gasteiger partial charge in [0.15, 0.2) is 11.5 Å². The van der Waals surface area contributed by atoms with Crippen molar-refractivity contribution in [1.82, 2.24) is 4.57 Å². The lowest BCUT2D eigenvalue weighted by Crippen LogP contribution is -2.30. The van der Waals surface area contributed by atoms with Gasteiger partial charge in [0.05, 0.1) is 26.2 Å². The van der Waals surface area contributed by atoms with Crippen LogP contribution in [-0.4, -0.2) is 46.0 Å². The zero-order chi connectivity index (χ0) is 21.0. The molecule has 9 nitrogen and oxygen atoms in total. The first kappa shape index (κ1) is 20.8. The summed E-state index contributed by atoms with van der Waals surface area (Å²) in [5.74, 6) is -3.21. The number of carboxylic acids is 1. The van der Waals surface area contributed by atoms with Crippen LogP contribution in [0.5, 0.6) is 17.2 Å². The Bertz CT molecular complexity index is 963. The highest BCUT2D eigenvalue weighted by Crippen LogP contribution is 2.36. The van der Waals surface area contributed by atoms with Gasteiger partial charge in [0.2, 0.25) is 0 Å². The first-order valence-corrected chi connectivity index (χ1v) is 8.28. The number of carbonyl (C=O) groups excluding carboxylic acids is 1. The van der Waals surface area contributed by atoms with Crippen LogP contribution < -0.4 is 10.3 Å². The predicted octanol–water partition coefficient (Wildman–Crippen LogP) is 1.36. The van der Waals surface area contributed by atoms with E-state index in [1.807, 2.05) is 0 Å². The number of phenols is 1. The van der Waals surface area contributed by atoms with Crippen molar-refractivity contribution in [3.05, 3.63) is 51.4 Å². The lowest BCUT2D eigenvalue weighted by atomic mass is 9.88. The molecule has 9 heteroatoms. The number of rotatable bonds is 7. The number of benzene rings is 1. The topological polar surface area (TPSA) is 135 Å². The highest BCUT2D eigenvalue weighted by Gasteiger charge is 2.27. The van der Waals surface area contributed by atoms with Crippen molar-refractivity contribution in [2.75, 3.05) is 14.2 Å². The Morgan fingerprint density at radius 2 is 1.82 bits per heavy atom. The Morgan fingerprint density at radius 3 is 2.39 bits per heavy atom. The van der Waals surface area contributed by atoms with Crippen LogP contribution in [0.4, 0.5) is 0 Å². The number of methoxy groups -OCH3 is 2. The minimum atomic E-state index is -1.22. The second kappa shape index (κ2) is 8.47. The normalized spacial score (nSPS) is 11.7. The predicted molar refractivity (Wildman–Crippen MR) is 97.9 cm³/mol. The molecule has 150 valence electrons. The number of aromatic hydroxyl groups is 2. The molecule has 0 fully saturated rings. The van der Waals surface area contributed by atoms with E-state index in [1.165, 1.54) is 45.4 Å². The molecule has 1 unspecified atom stereocenters. The maximum absolute atomic E-state index is 13.0. The van der Waals surface area contributed by atoms with Gasteiger partial charge in [-0.05, 0) is 30.7 Å². The zero-order valence-corrected chi connectivity index (χ0v) is 15.6. The molecule has 0 amide bonds. The molecule has 0 saturated heterocycles. The van der Waals surface area contributed by atoms with E-state index < -0.39 is 30.0 Å². The Morgan fingerprint density at radius 1 is 1.14 bits per heavy atom. The SMILES string of the molecule is COC(=O)CC(c1ccc(O)c(OC)c1)c1c(O)cc(C)n(CC(=O)O)c1=O. The molecule has 1 heterocycles. The lowest BCUT2D eigenvalue weighted by Gasteiger charge is -2.20. The zero-order valence-electron chi connectivity index (χ0n) is 15.6. The Kier molecular flexibility index (Phi) is 6.29. The van der Waals surface area contributed by atoms with Crippen LogP contribution in [0, 0.1) is 6.92 Å². The number of aryl methyl sites for hydroxylation is 1. The molecule has 0 bridgehead atoms. The van der Waals surface area contributed by atoms with Crippen molar-refractivity contribution in [2.24, 2.45) is 0 Å². The largest absolute Gasteiger partial charge is 0.507 e. The molecule has 1 aromatic heterocycles. The average molecular weight is 391 g/mol. The molecule has 0 aliphatic carbocycles. The molecule has 0 aliphatic heterocycles. The van der Waals surface area contributed by atoms with Crippen LogP contribution in [0.15, 0.2) is 29.1 Å². The third kappa shape index (κ3) is 4.25. The smallest absolute Gasteiger partial charge is 0.323 e. The maximum Gasteiger partial charge on any atom is 0.323 e. The van der Waals surface area contributed by atoms with Gasteiger partial charge in [0.1, 0.15) is 12.3 Å². The van der Waals surface area contributed by atoms with Gasteiger partial charge in [-0.25, -0.2) is 0 Å². The number of ether oxygens (including phenoxy) is 2. The summed E-state index contributed by atoms with van der Waals surface area (Å²) in [4.78, 5) is 36.0. The third-order valence-electron chi connectivity index (χ3n) is 4.37. The van der Waals surface area contributed by atoms with E-state index in [1.54, 1.807) is 0 Å². The summed E-state index contributed by atoms with van der Waals surface area (Å²) >= 11 is 0. The van der Waals surface area contributed by atoms with Crippen LogP contribution in [0.25, 0.3) is 0 Å². The highest BCUT2D eigenvalue weighted by molar-refractivity contribution is 5.72. The molecule has 0 spiro atoms. The Balaban J connectivity index is 2.73. The second-order valence-electron chi connectivity index (χ2n) is 6.13. The summed E-state index contributed by atoms with van der Waals surface area (Å²) in [7, 11) is 2.53. The number of nitrogens with zero attached hydrogens (tertiary/aromatic N) is 1. The van der Waals surface area contributed by atoms with E-state index in [2.05, 4.69) is 0 Å². The summed E-state index contributed by atoms with van der Waals surface area (Å²) in [6.45, 7) is 0.897. The van der Waals surface area contributed by atoms with Gasteiger partial charge in [0.25, 0.3) is 5.56 Å². The number of pyridine rings is 1. The van der Waals surface area contributed by atoms with E-state index in [0.717, 1.165) is 4.57 Å². The van der Waals surface area contributed by atoms with Crippen LogP contribution >= 0.6 is 0 Å². The Hall–Kier alpha value is -3.49. The van der Waals surface area contributed by atoms with Crippen LogP contribution in [0.1, 0.15) is 29.2 Å². The van der Waals surface area contributed by atoms with Gasteiger partial charge in [-0.1, -0.05) is 6.07 Å². The van der Waals surface area contributed by atoms with Gasteiger partial charge in [-0.2, -0.15) is 0 Å². The fourth-order valence-electron chi connectivity index (χ4n) is 2.98. The molecule has 2 aromatic rings. The number of aliphatic carboxylic acids is 1. The van der Waals surface area contributed by atoms with Crippen LogP contribution in [0.2, 0.25) is 0 Å². The van der Waals surface area contributed by atoms with E-state index in [9.17, 15) is 24.6 Å². The first-order chi connectivity index (χ1) is 13.2. The third-order valence-corrected chi connectivity index (χ3v) is 4.37. The average Bonchev–Trinajstić information content (AvgIpc) is 2.64. The van der Waals surface area contributed by atoms with Gasteiger partial charge < -0.3 is 29.4 Å². The fraction of sp³-hybridized carbons (Fsp3) is 0.316. The number of hydrogen-bond acceptors (Lipinski definition) is 7. The first-order valence-electron chi connectivity index (χ1n) is 8.28. The van der Waals surface area contributed by atoms with Gasteiger partial charge in [-0.3, -0.25) is 14.4 Å². The number of phenolic OH excluding ortho intramolecular Hbond substituents is 1. The van der Waals surface area contributed by atoms with Gasteiger partial charge in [0, 0.05) is 11.6 Å². The van der Waals surface area contributed by atoms with Crippen molar-refractivity contribution >= 4 is 11.9 Å². The maximum atomic E-state index is 13.0. The monoisotopic (exact) mass is 391 g/mol. The number of carbonyl (C=O) groups is 2. The quantitative estimate of drug-likeness (QED) is 0.602. The summed E-state index contributed by atoms with van der Waals surface area (Å²) in [6.07, 6.45) is -0.288. The van der Waals surface area contributed by atoms with E-state index in [0.29, 0.717) is 5.56 Å². The Labute approximate surface area is 160 Å². The molecule has 3 N–H and O–H groups in total. The minimum Gasteiger partial charge on any atom is -0.507 e. The summed E-state index contributed by atoms with van der Waals surface area (Å²) in [5.41, 5.74) is -0.224. The lowest BCUT2D eigenvalue weighted by molar-refractivity contribution is -0.141. The minimum absolute atomic E-state index is 0.116. The molecule has 0 radical (unpaired) electrons. The number of hydrogen-bond donors (Lipinski definition) is 3. The fourth-order valence-corrected chi connectivity index (χ4v) is 2.98. The second-order valence-corrected chi connectivity index (χ2v) is 6.13. The summed E-state index contributed by atoms with van der Waals surface area (Å²) in [5, 5.41) is 29.3. The molecule has 0 saturated carbocycles. The standard InChI is InChI=1S/C19H21NO8/c1-10-6-14(22)18(19(26)20(10)9-16(23)24)12(8-17(25)28-3)11-4-5-13(21)15(7-11)27-2/h4-7,12,21-22H,8-9H2,1-3H3,(H,23,24). The van der Waals surface area contributed by atoms with E-state index in [4.69, 9.17) is 14.6 Å². The van der Waals surface area contributed by atoms with Crippen molar-refractivity contribution in [2.45, 2.75) is 25.8 Å². The molecule has 1 atom stereocenters. The van der Waals surface area contributed by atoms with Crippen molar-refractivity contribution in [3.8, 4) is 17.2 Å². The summed E-state index contributed by atoms with van der Waals surface area (Å²) in [6, 6.07) is 5.51. The number of esters is 1. The van der Waals surface area contributed by atoms with Gasteiger partial charge in [-0.15, -0.1) is 0 Å². The van der Waals surface area contributed by atoms with Crippen LogP contribution in [-0.2, 0) is 20.9 Å². The molecular formula is C19H21NO8. The van der Waals surface area contributed by atoms with Crippen molar-refractivity contribution in [3.63, 3.8) is 0 Å². The van der Waals surface area contributed by atoms with Crippen molar-refractivity contribution < 1.29 is 34.4 Å². The molecule has 1 aromatic carbocycles. The highest BCUT2D eigenvalue weighted by atomic mass is 16.5. The number of aromatic nitrogens is 1. The van der Waals surface area contributed by atoms with Gasteiger partial charge >= 0.3 is 11.9 Å². The molecule has 0 aliphatic rings. The summed E-state index contributed by atoms with van der Waals surface area (Å²) < 4.78 is 10.8.